The molecule has 3 rings (SSSR count). The molecule has 0 aromatic carbocycles. The molecule has 3 fully saturated rings. The van der Waals surface area contributed by atoms with Crippen LogP contribution in [0.5, 0.6) is 0 Å². The van der Waals surface area contributed by atoms with Gasteiger partial charge in [0.15, 0.2) is 0 Å². The van der Waals surface area contributed by atoms with Gasteiger partial charge in [-0.3, -0.25) is 4.90 Å². The topological polar surface area (TPSA) is 58.6 Å². The lowest BCUT2D eigenvalue weighted by Crippen LogP contribution is -2.51. The van der Waals surface area contributed by atoms with Crippen LogP contribution in [0.3, 0.4) is 0 Å². The Morgan fingerprint density at radius 1 is 1.21 bits per heavy atom. The van der Waals surface area contributed by atoms with Crippen molar-refractivity contribution in [2.45, 2.75) is 43.9 Å². The van der Waals surface area contributed by atoms with E-state index in [9.17, 15) is 8.42 Å². The van der Waals surface area contributed by atoms with E-state index in [2.05, 4.69) is 10.2 Å². The van der Waals surface area contributed by atoms with E-state index in [-0.39, 0.29) is 6.10 Å². The van der Waals surface area contributed by atoms with Crippen LogP contribution < -0.4 is 5.32 Å². The van der Waals surface area contributed by atoms with Crippen molar-refractivity contribution in [1.82, 2.24) is 10.2 Å². The minimum atomic E-state index is -2.75. The zero-order chi connectivity index (χ0) is 13.3. The van der Waals surface area contributed by atoms with Gasteiger partial charge in [-0.2, -0.15) is 0 Å². The Morgan fingerprint density at radius 3 is 2.79 bits per heavy atom. The standard InChI is InChI=1S/C13H24N2O3S/c16-19(17)6-3-11(4-7-19)14-8-13-9-15-5-1-2-12(15)10-18-13/h11-14H,1-10H2. The summed E-state index contributed by atoms with van der Waals surface area (Å²) in [6, 6.07) is 1.000. The van der Waals surface area contributed by atoms with Crippen LogP contribution >= 0.6 is 0 Å². The van der Waals surface area contributed by atoms with Crippen LogP contribution in [0.1, 0.15) is 25.7 Å². The largest absolute Gasteiger partial charge is 0.374 e. The maximum atomic E-state index is 11.4. The smallest absolute Gasteiger partial charge is 0.150 e. The van der Waals surface area contributed by atoms with Crippen molar-refractivity contribution in [3.63, 3.8) is 0 Å². The van der Waals surface area contributed by atoms with Crippen molar-refractivity contribution < 1.29 is 13.2 Å². The average Bonchev–Trinajstić information content (AvgIpc) is 2.85. The van der Waals surface area contributed by atoms with Gasteiger partial charge in [0.25, 0.3) is 0 Å². The van der Waals surface area contributed by atoms with Crippen molar-refractivity contribution in [3.8, 4) is 0 Å². The molecule has 0 aromatic heterocycles. The van der Waals surface area contributed by atoms with E-state index in [1.165, 1.54) is 19.4 Å². The number of nitrogens with one attached hydrogen (secondary N) is 1. The molecule has 5 nitrogen and oxygen atoms in total. The molecule has 2 atom stereocenters. The zero-order valence-corrected chi connectivity index (χ0v) is 12.2. The first kappa shape index (κ1) is 13.8. The zero-order valence-electron chi connectivity index (χ0n) is 11.4. The second kappa shape index (κ2) is 5.68. The molecule has 3 aliphatic rings. The van der Waals surface area contributed by atoms with Gasteiger partial charge in [-0.05, 0) is 32.2 Å². The molecule has 0 bridgehead atoms. The van der Waals surface area contributed by atoms with Crippen molar-refractivity contribution in [2.24, 2.45) is 0 Å². The number of ether oxygens (including phenoxy) is 1. The molecule has 1 N–H and O–H groups in total. The van der Waals surface area contributed by atoms with Crippen molar-refractivity contribution >= 4 is 9.84 Å². The van der Waals surface area contributed by atoms with Gasteiger partial charge in [0.2, 0.25) is 0 Å². The molecule has 3 saturated heterocycles. The number of rotatable bonds is 3. The minimum absolute atomic E-state index is 0.271. The van der Waals surface area contributed by atoms with Crippen LogP contribution in [0.25, 0.3) is 0 Å². The first-order chi connectivity index (χ1) is 9.12. The van der Waals surface area contributed by atoms with E-state index in [0.29, 0.717) is 23.6 Å². The fourth-order valence-corrected chi connectivity index (χ4v) is 4.89. The van der Waals surface area contributed by atoms with E-state index in [1.54, 1.807) is 0 Å². The first-order valence-electron chi connectivity index (χ1n) is 7.42. The Hall–Kier alpha value is -0.170. The summed E-state index contributed by atoms with van der Waals surface area (Å²) in [5.41, 5.74) is 0. The normalized spacial score (nSPS) is 36.2. The summed E-state index contributed by atoms with van der Waals surface area (Å²) in [5.74, 6) is 0.675. The molecule has 0 radical (unpaired) electrons. The lowest BCUT2D eigenvalue weighted by Gasteiger charge is -2.36. The highest BCUT2D eigenvalue weighted by Gasteiger charge is 2.32. The molecule has 2 unspecified atom stereocenters. The summed E-state index contributed by atoms with van der Waals surface area (Å²) >= 11 is 0. The van der Waals surface area contributed by atoms with Crippen LogP contribution in [-0.2, 0) is 14.6 Å². The van der Waals surface area contributed by atoms with E-state index >= 15 is 0 Å². The van der Waals surface area contributed by atoms with Gasteiger partial charge in [0, 0.05) is 25.2 Å². The van der Waals surface area contributed by atoms with E-state index in [4.69, 9.17) is 4.74 Å². The molecular weight excluding hydrogens is 264 g/mol. The highest BCUT2D eigenvalue weighted by Crippen LogP contribution is 2.22. The molecule has 3 aliphatic heterocycles. The van der Waals surface area contributed by atoms with Crippen LogP contribution in [0.15, 0.2) is 0 Å². The Kier molecular flexibility index (Phi) is 4.12. The fraction of sp³-hybridized carbons (Fsp3) is 1.00. The molecule has 110 valence electrons. The van der Waals surface area contributed by atoms with Gasteiger partial charge >= 0.3 is 0 Å². The molecule has 0 aliphatic carbocycles. The summed E-state index contributed by atoms with van der Waals surface area (Å²) in [6.07, 6.45) is 4.35. The Labute approximate surface area is 115 Å². The van der Waals surface area contributed by atoms with E-state index in [1.807, 2.05) is 0 Å². The lowest BCUT2D eigenvalue weighted by molar-refractivity contribution is -0.0479. The maximum absolute atomic E-state index is 11.4. The fourth-order valence-electron chi connectivity index (χ4n) is 3.40. The van der Waals surface area contributed by atoms with Gasteiger partial charge < -0.3 is 10.1 Å². The van der Waals surface area contributed by atoms with Gasteiger partial charge in [0.1, 0.15) is 9.84 Å². The average molecular weight is 288 g/mol. The molecule has 0 spiro atoms. The number of fused-ring (bicyclic) bond motifs is 1. The number of morpholine rings is 1. The predicted molar refractivity (Wildman–Crippen MR) is 74.0 cm³/mol. The van der Waals surface area contributed by atoms with Crippen molar-refractivity contribution in [1.29, 1.82) is 0 Å². The summed E-state index contributed by atoms with van der Waals surface area (Å²) in [6.45, 7) is 3.97. The van der Waals surface area contributed by atoms with Gasteiger partial charge in [0.05, 0.1) is 24.2 Å². The number of hydrogen-bond donors (Lipinski definition) is 1. The monoisotopic (exact) mass is 288 g/mol. The summed E-state index contributed by atoms with van der Waals surface area (Å²) in [4.78, 5) is 2.54. The van der Waals surface area contributed by atoms with Gasteiger partial charge in [-0.15, -0.1) is 0 Å². The second-order valence-electron chi connectivity index (χ2n) is 6.08. The molecule has 0 saturated carbocycles. The molecule has 0 aromatic rings. The van der Waals surface area contributed by atoms with Crippen LogP contribution in [0.2, 0.25) is 0 Å². The Bertz CT molecular complexity index is 398. The highest BCUT2D eigenvalue weighted by molar-refractivity contribution is 7.91. The third-order valence-corrected chi connectivity index (χ3v) is 6.37. The molecule has 3 heterocycles. The Morgan fingerprint density at radius 2 is 2.00 bits per heavy atom. The van der Waals surface area contributed by atoms with E-state index in [0.717, 1.165) is 32.5 Å². The predicted octanol–water partition coefficient (Wildman–Crippen LogP) is 0.0164. The number of sulfone groups is 1. The quantitative estimate of drug-likeness (QED) is 0.793. The van der Waals surface area contributed by atoms with Crippen LogP contribution in [-0.4, -0.2) is 69.3 Å². The SMILES string of the molecule is O=S1(=O)CCC(NCC2CN3CCCC3CO2)CC1. The van der Waals surface area contributed by atoms with Crippen LogP contribution in [0.4, 0.5) is 0 Å². The molecule has 0 amide bonds. The summed E-state index contributed by atoms with van der Waals surface area (Å²) < 4.78 is 28.6. The minimum Gasteiger partial charge on any atom is -0.374 e. The van der Waals surface area contributed by atoms with Crippen molar-refractivity contribution in [2.75, 3.05) is 37.7 Å². The number of hydrogen-bond acceptors (Lipinski definition) is 5. The molecule has 6 heteroatoms. The van der Waals surface area contributed by atoms with Gasteiger partial charge in [-0.1, -0.05) is 0 Å². The summed E-state index contributed by atoms with van der Waals surface area (Å²) in [5, 5.41) is 3.49. The van der Waals surface area contributed by atoms with Gasteiger partial charge in [-0.25, -0.2) is 8.42 Å². The third kappa shape index (κ3) is 3.48. The van der Waals surface area contributed by atoms with E-state index < -0.39 is 9.84 Å². The van der Waals surface area contributed by atoms with Crippen LogP contribution in [0, 0.1) is 0 Å². The third-order valence-electron chi connectivity index (χ3n) is 4.65. The first-order valence-corrected chi connectivity index (χ1v) is 9.24. The maximum Gasteiger partial charge on any atom is 0.150 e. The Balaban J connectivity index is 1.41. The second-order valence-corrected chi connectivity index (χ2v) is 8.38. The molecular formula is C13H24N2O3S. The molecule has 19 heavy (non-hydrogen) atoms. The summed E-state index contributed by atoms with van der Waals surface area (Å²) in [7, 11) is -2.75. The van der Waals surface area contributed by atoms with Crippen molar-refractivity contribution in [3.05, 3.63) is 0 Å². The lowest BCUT2D eigenvalue weighted by atomic mass is 10.1. The highest BCUT2D eigenvalue weighted by atomic mass is 32.2. The number of nitrogens with zero attached hydrogens (tertiary/aromatic N) is 1.